The van der Waals surface area contributed by atoms with Gasteiger partial charge in [0.05, 0.1) is 17.7 Å². The summed E-state index contributed by atoms with van der Waals surface area (Å²) in [7, 11) is 0. The van der Waals surface area contributed by atoms with Crippen LogP contribution >= 0.6 is 0 Å². The monoisotopic (exact) mass is 272 g/mol. The average Bonchev–Trinajstić information content (AvgIpc) is 2.63. The van der Waals surface area contributed by atoms with Crippen molar-refractivity contribution in [1.29, 1.82) is 0 Å². The first-order chi connectivity index (χ1) is 8.84. The second-order valence-electron chi connectivity index (χ2n) is 3.77. The standard InChI is InChI=1S/C11H7F3N2O3/c12-5-1-2-6(9(14)8(5)13)16-7(17)3-4(10(16)15)11(18)19/h1-2H,3,15H2,(H,18,19). The number of carboxylic acids is 1. The minimum absolute atomic E-state index is 0.422. The Morgan fingerprint density at radius 3 is 2.42 bits per heavy atom. The summed E-state index contributed by atoms with van der Waals surface area (Å²) in [6.45, 7) is 0. The number of aliphatic carboxylic acids is 1. The van der Waals surface area contributed by atoms with Crippen molar-refractivity contribution in [1.82, 2.24) is 0 Å². The lowest BCUT2D eigenvalue weighted by molar-refractivity contribution is -0.133. The molecular weight excluding hydrogens is 265 g/mol. The Balaban J connectivity index is 2.57. The van der Waals surface area contributed by atoms with Crippen molar-refractivity contribution in [2.45, 2.75) is 6.42 Å². The zero-order valence-electron chi connectivity index (χ0n) is 9.28. The van der Waals surface area contributed by atoms with Gasteiger partial charge in [0.1, 0.15) is 5.82 Å². The third-order valence-electron chi connectivity index (χ3n) is 2.64. The number of carbonyl (C=O) groups is 2. The molecule has 8 heteroatoms. The van der Waals surface area contributed by atoms with Gasteiger partial charge in [0.25, 0.3) is 0 Å². The highest BCUT2D eigenvalue weighted by Gasteiger charge is 2.35. The molecule has 100 valence electrons. The van der Waals surface area contributed by atoms with Gasteiger partial charge in [0, 0.05) is 0 Å². The first kappa shape index (κ1) is 12.9. The minimum Gasteiger partial charge on any atom is -0.478 e. The van der Waals surface area contributed by atoms with Crippen molar-refractivity contribution in [2.75, 3.05) is 4.90 Å². The molecule has 1 aliphatic rings. The minimum atomic E-state index is -1.76. The van der Waals surface area contributed by atoms with Gasteiger partial charge < -0.3 is 10.8 Å². The molecule has 5 nitrogen and oxygen atoms in total. The van der Waals surface area contributed by atoms with Crippen LogP contribution in [0.3, 0.4) is 0 Å². The van der Waals surface area contributed by atoms with Crippen molar-refractivity contribution in [3.8, 4) is 0 Å². The van der Waals surface area contributed by atoms with Gasteiger partial charge in [-0.25, -0.2) is 18.0 Å². The predicted octanol–water partition coefficient (Wildman–Crippen LogP) is 1.10. The first-order valence-corrected chi connectivity index (χ1v) is 5.03. The number of anilines is 1. The quantitative estimate of drug-likeness (QED) is 0.789. The molecule has 19 heavy (non-hydrogen) atoms. The largest absolute Gasteiger partial charge is 0.478 e. The molecular formula is C11H7F3N2O3. The Kier molecular flexibility index (Phi) is 2.93. The van der Waals surface area contributed by atoms with Crippen molar-refractivity contribution in [3.63, 3.8) is 0 Å². The van der Waals surface area contributed by atoms with E-state index in [-0.39, 0.29) is 0 Å². The SMILES string of the molecule is NC1=C(C(=O)O)CC(=O)N1c1ccc(F)c(F)c1F. The van der Waals surface area contributed by atoms with E-state index in [1.807, 2.05) is 0 Å². The van der Waals surface area contributed by atoms with Crippen molar-refractivity contribution in [2.24, 2.45) is 5.73 Å². The lowest BCUT2D eigenvalue weighted by Crippen LogP contribution is -2.30. The zero-order chi connectivity index (χ0) is 14.3. The molecule has 1 heterocycles. The molecule has 1 aliphatic heterocycles. The van der Waals surface area contributed by atoms with Crippen LogP contribution in [0.1, 0.15) is 6.42 Å². The smallest absolute Gasteiger partial charge is 0.335 e. The zero-order valence-corrected chi connectivity index (χ0v) is 9.28. The number of nitrogens with zero attached hydrogens (tertiary/aromatic N) is 1. The van der Waals surface area contributed by atoms with E-state index < -0.39 is 52.8 Å². The number of hydrogen-bond acceptors (Lipinski definition) is 3. The van der Waals surface area contributed by atoms with E-state index in [1.165, 1.54) is 0 Å². The molecule has 0 aliphatic carbocycles. The summed E-state index contributed by atoms with van der Waals surface area (Å²) >= 11 is 0. The van der Waals surface area contributed by atoms with Crippen molar-refractivity contribution in [3.05, 3.63) is 41.0 Å². The number of hydrogen-bond donors (Lipinski definition) is 2. The molecule has 0 fully saturated rings. The first-order valence-electron chi connectivity index (χ1n) is 5.03. The number of benzene rings is 1. The summed E-state index contributed by atoms with van der Waals surface area (Å²) in [5.41, 5.74) is 4.38. The molecule has 0 saturated heterocycles. The second-order valence-corrected chi connectivity index (χ2v) is 3.77. The Labute approximate surface area is 104 Å². The topological polar surface area (TPSA) is 83.6 Å². The molecule has 0 aromatic heterocycles. The van der Waals surface area contributed by atoms with Gasteiger partial charge in [0.15, 0.2) is 17.5 Å². The summed E-state index contributed by atoms with van der Waals surface area (Å²) in [4.78, 5) is 22.9. The van der Waals surface area contributed by atoms with Crippen LogP contribution in [0, 0.1) is 17.5 Å². The maximum Gasteiger partial charge on any atom is 0.335 e. The molecule has 1 amide bonds. The lowest BCUT2D eigenvalue weighted by Gasteiger charge is -2.18. The van der Waals surface area contributed by atoms with Gasteiger partial charge >= 0.3 is 5.97 Å². The number of rotatable bonds is 2. The summed E-state index contributed by atoms with van der Waals surface area (Å²) in [5, 5.41) is 8.79. The highest BCUT2D eigenvalue weighted by molar-refractivity contribution is 6.08. The number of halogens is 3. The van der Waals surface area contributed by atoms with Crippen LogP contribution in [0.4, 0.5) is 18.9 Å². The van der Waals surface area contributed by atoms with E-state index in [0.717, 1.165) is 6.07 Å². The Hall–Kier alpha value is -2.51. The van der Waals surface area contributed by atoms with Crippen LogP contribution in [0.15, 0.2) is 23.5 Å². The van der Waals surface area contributed by atoms with Crippen LogP contribution in [-0.2, 0) is 9.59 Å². The molecule has 0 atom stereocenters. The van der Waals surface area contributed by atoms with Gasteiger partial charge in [-0.1, -0.05) is 0 Å². The molecule has 0 spiro atoms. The Bertz CT molecular complexity index is 628. The molecule has 1 aromatic rings. The van der Waals surface area contributed by atoms with E-state index in [1.54, 1.807) is 0 Å². The molecule has 0 radical (unpaired) electrons. The van der Waals surface area contributed by atoms with E-state index in [2.05, 4.69) is 0 Å². The third kappa shape index (κ3) is 1.90. The highest BCUT2D eigenvalue weighted by Crippen LogP contribution is 2.31. The number of carboxylic acid groups (broad SMARTS) is 1. The van der Waals surface area contributed by atoms with Crippen LogP contribution in [0.2, 0.25) is 0 Å². The van der Waals surface area contributed by atoms with Crippen molar-refractivity contribution >= 4 is 17.6 Å². The summed E-state index contributed by atoms with van der Waals surface area (Å²) in [6, 6.07) is 1.43. The fourth-order valence-corrected chi connectivity index (χ4v) is 1.73. The van der Waals surface area contributed by atoms with Gasteiger partial charge in [-0.15, -0.1) is 0 Å². The van der Waals surface area contributed by atoms with Crippen LogP contribution in [0.25, 0.3) is 0 Å². The van der Waals surface area contributed by atoms with Crippen LogP contribution < -0.4 is 10.6 Å². The van der Waals surface area contributed by atoms with Crippen LogP contribution in [0.5, 0.6) is 0 Å². The van der Waals surface area contributed by atoms with E-state index in [0.29, 0.717) is 11.0 Å². The number of nitrogens with two attached hydrogens (primary N) is 1. The van der Waals surface area contributed by atoms with Gasteiger partial charge in [-0.3, -0.25) is 9.69 Å². The van der Waals surface area contributed by atoms with Crippen LogP contribution in [-0.4, -0.2) is 17.0 Å². The fraction of sp³-hybridized carbons (Fsp3) is 0.0909. The second kappa shape index (κ2) is 4.30. The van der Waals surface area contributed by atoms with Crippen molar-refractivity contribution < 1.29 is 27.9 Å². The van der Waals surface area contributed by atoms with E-state index in [9.17, 15) is 22.8 Å². The van der Waals surface area contributed by atoms with Gasteiger partial charge in [0.2, 0.25) is 5.91 Å². The molecule has 1 aromatic carbocycles. The van der Waals surface area contributed by atoms with Gasteiger partial charge in [-0.2, -0.15) is 0 Å². The molecule has 0 bridgehead atoms. The third-order valence-corrected chi connectivity index (χ3v) is 2.64. The summed E-state index contributed by atoms with van der Waals surface area (Å²) in [5.74, 6) is -7.57. The summed E-state index contributed by atoms with van der Waals surface area (Å²) in [6.07, 6.45) is -0.542. The summed E-state index contributed by atoms with van der Waals surface area (Å²) < 4.78 is 39.4. The molecule has 0 saturated carbocycles. The highest BCUT2D eigenvalue weighted by atomic mass is 19.2. The normalized spacial score (nSPS) is 15.3. The van der Waals surface area contributed by atoms with E-state index >= 15 is 0 Å². The van der Waals surface area contributed by atoms with E-state index in [4.69, 9.17) is 10.8 Å². The fourth-order valence-electron chi connectivity index (χ4n) is 1.73. The van der Waals surface area contributed by atoms with Gasteiger partial charge in [-0.05, 0) is 12.1 Å². The number of carbonyl (C=O) groups excluding carboxylic acids is 1. The Morgan fingerprint density at radius 1 is 1.26 bits per heavy atom. The molecule has 0 unspecified atom stereocenters. The average molecular weight is 272 g/mol. The molecule has 3 N–H and O–H groups in total. The Morgan fingerprint density at radius 2 is 1.89 bits per heavy atom. The maximum atomic E-state index is 13.6. The molecule has 2 rings (SSSR count). The number of amides is 1. The maximum absolute atomic E-state index is 13.6. The lowest BCUT2D eigenvalue weighted by atomic mass is 10.2. The predicted molar refractivity (Wildman–Crippen MR) is 57.3 cm³/mol.